The maximum atomic E-state index is 14.2. The van der Waals surface area contributed by atoms with Crippen LogP contribution < -0.4 is 5.73 Å². The molecule has 9 heteroatoms. The summed E-state index contributed by atoms with van der Waals surface area (Å²) >= 11 is 12.1. The lowest BCUT2D eigenvalue weighted by atomic mass is 10.0. The molecule has 0 unspecified atom stereocenters. The van der Waals surface area contributed by atoms with Crippen molar-refractivity contribution < 1.29 is 13.9 Å². The van der Waals surface area contributed by atoms with E-state index >= 15 is 0 Å². The van der Waals surface area contributed by atoms with E-state index in [0.29, 0.717) is 22.1 Å². The molecular weight excluding hydrogens is 346 g/mol. The summed E-state index contributed by atoms with van der Waals surface area (Å²) in [6.45, 7) is -0.271. The maximum Gasteiger partial charge on any atom is 0.404 e. The average molecular weight is 353 g/mol. The Balaban J connectivity index is 2.43. The van der Waals surface area contributed by atoms with Crippen molar-refractivity contribution in [3.63, 3.8) is 0 Å². The Hall–Kier alpha value is -2.56. The number of carbonyl (C=O) groups excluding carboxylic acids is 1. The molecule has 0 bridgehead atoms. The van der Waals surface area contributed by atoms with E-state index in [1.54, 1.807) is 6.07 Å². The average Bonchev–Trinajstić information content (AvgIpc) is 2.89. The number of nitrogens with two attached hydrogens (primary N) is 1. The van der Waals surface area contributed by atoms with Gasteiger partial charge in [0.2, 0.25) is 0 Å². The molecule has 0 saturated carbocycles. The van der Waals surface area contributed by atoms with Gasteiger partial charge in [0.05, 0.1) is 21.1 Å². The summed E-state index contributed by atoms with van der Waals surface area (Å²) in [6.07, 6.45) is 0.335. The Bertz CT molecular complexity index is 1010. The van der Waals surface area contributed by atoms with Crippen LogP contribution in [0.25, 0.3) is 21.9 Å². The number of carbonyl (C=O) groups is 1. The molecule has 1 amide bonds. The SMILES string of the molecule is N#Cc1c(F)cc(COC(N)=O)c2[nH]c3ncc(Cl)c(Cl)c3c12. The van der Waals surface area contributed by atoms with Crippen LogP contribution in [0.4, 0.5) is 9.18 Å². The van der Waals surface area contributed by atoms with Crippen molar-refractivity contribution >= 4 is 51.2 Å². The van der Waals surface area contributed by atoms with E-state index in [2.05, 4.69) is 9.97 Å². The van der Waals surface area contributed by atoms with Crippen LogP contribution in [-0.4, -0.2) is 16.1 Å². The summed E-state index contributed by atoms with van der Waals surface area (Å²) < 4.78 is 18.9. The molecule has 3 N–H and O–H groups in total. The molecule has 0 radical (unpaired) electrons. The normalized spacial score (nSPS) is 10.9. The molecular formula is C14H7Cl2FN4O2. The van der Waals surface area contributed by atoms with Crippen LogP contribution in [0.3, 0.4) is 0 Å². The number of fused-ring (bicyclic) bond motifs is 3. The van der Waals surface area contributed by atoms with Gasteiger partial charge in [0.1, 0.15) is 24.1 Å². The molecule has 3 rings (SSSR count). The molecule has 116 valence electrons. The molecule has 2 heterocycles. The van der Waals surface area contributed by atoms with Gasteiger partial charge in [-0.25, -0.2) is 14.2 Å². The minimum atomic E-state index is -1.00. The number of nitrogens with one attached hydrogen (secondary N) is 1. The van der Waals surface area contributed by atoms with Crippen molar-refractivity contribution in [1.82, 2.24) is 9.97 Å². The summed E-state index contributed by atoms with van der Waals surface area (Å²) in [6, 6.07) is 2.89. The fourth-order valence-corrected chi connectivity index (χ4v) is 2.75. The standard InChI is InChI=1S/C14H7Cl2FN4O2/c15-7-3-20-13-10(11(7)16)9-6(2-18)8(17)1-5(12(9)21-13)4-23-14(19)22/h1,3H,4H2,(H2,19,22)(H,20,21). The number of aromatic amines is 1. The molecule has 0 aliphatic carbocycles. The molecule has 6 nitrogen and oxygen atoms in total. The first-order valence-electron chi connectivity index (χ1n) is 6.23. The van der Waals surface area contributed by atoms with E-state index < -0.39 is 11.9 Å². The monoisotopic (exact) mass is 352 g/mol. The van der Waals surface area contributed by atoms with Gasteiger partial charge in [-0.1, -0.05) is 23.2 Å². The number of rotatable bonds is 2. The number of hydrogen-bond acceptors (Lipinski definition) is 4. The van der Waals surface area contributed by atoms with E-state index in [-0.39, 0.29) is 27.6 Å². The number of nitrogens with zero attached hydrogens (tertiary/aromatic N) is 2. The topological polar surface area (TPSA) is 105 Å². The molecule has 0 aliphatic heterocycles. The van der Waals surface area contributed by atoms with Gasteiger partial charge in [0.25, 0.3) is 0 Å². The summed E-state index contributed by atoms with van der Waals surface area (Å²) in [5.74, 6) is -0.778. The van der Waals surface area contributed by atoms with Gasteiger partial charge in [-0.2, -0.15) is 5.26 Å². The van der Waals surface area contributed by atoms with Crippen LogP contribution in [0, 0.1) is 17.1 Å². The van der Waals surface area contributed by atoms with Gasteiger partial charge in [-0.3, -0.25) is 0 Å². The van der Waals surface area contributed by atoms with Gasteiger partial charge in [-0.05, 0) is 6.07 Å². The van der Waals surface area contributed by atoms with Gasteiger partial charge < -0.3 is 15.5 Å². The third kappa shape index (κ3) is 2.42. The third-order valence-electron chi connectivity index (χ3n) is 3.31. The summed E-state index contributed by atoms with van der Waals surface area (Å²) in [7, 11) is 0. The highest BCUT2D eigenvalue weighted by Gasteiger charge is 2.21. The van der Waals surface area contributed by atoms with E-state index in [9.17, 15) is 14.4 Å². The zero-order valence-electron chi connectivity index (χ0n) is 11.3. The number of nitriles is 1. The molecule has 1 aromatic carbocycles. The van der Waals surface area contributed by atoms with Crippen molar-refractivity contribution in [2.24, 2.45) is 5.73 Å². The Morgan fingerprint density at radius 3 is 2.87 bits per heavy atom. The second kappa shape index (κ2) is 5.57. The highest BCUT2D eigenvalue weighted by molar-refractivity contribution is 6.46. The number of pyridine rings is 1. The summed E-state index contributed by atoms with van der Waals surface area (Å²) in [4.78, 5) is 17.8. The third-order valence-corrected chi connectivity index (χ3v) is 4.08. The quantitative estimate of drug-likeness (QED) is 0.734. The highest BCUT2D eigenvalue weighted by Crippen LogP contribution is 2.38. The number of ether oxygens (including phenoxy) is 1. The van der Waals surface area contributed by atoms with Gasteiger partial charge in [0.15, 0.2) is 0 Å². The second-order valence-corrected chi connectivity index (χ2v) is 5.42. The van der Waals surface area contributed by atoms with Crippen molar-refractivity contribution in [1.29, 1.82) is 5.26 Å². The molecule has 0 fully saturated rings. The Labute approximate surface area is 138 Å². The zero-order valence-corrected chi connectivity index (χ0v) is 12.8. The number of primary amides is 1. The Morgan fingerprint density at radius 2 is 2.22 bits per heavy atom. The lowest BCUT2D eigenvalue weighted by molar-refractivity contribution is 0.150. The van der Waals surface area contributed by atoms with Crippen LogP contribution >= 0.6 is 23.2 Å². The largest absolute Gasteiger partial charge is 0.445 e. The van der Waals surface area contributed by atoms with Crippen LogP contribution in [0.2, 0.25) is 10.0 Å². The summed E-state index contributed by atoms with van der Waals surface area (Å²) in [5.41, 5.74) is 5.71. The number of hydrogen-bond donors (Lipinski definition) is 2. The predicted octanol–water partition coefficient (Wildman–Crippen LogP) is 3.63. The van der Waals surface area contributed by atoms with Gasteiger partial charge in [-0.15, -0.1) is 0 Å². The van der Waals surface area contributed by atoms with Crippen LogP contribution in [0.1, 0.15) is 11.1 Å². The van der Waals surface area contributed by atoms with Crippen molar-refractivity contribution in [2.45, 2.75) is 6.61 Å². The number of amides is 1. The summed E-state index contributed by atoms with van der Waals surface area (Å²) in [5, 5.41) is 10.1. The van der Waals surface area contributed by atoms with E-state index in [4.69, 9.17) is 33.7 Å². The molecule has 0 aliphatic rings. The van der Waals surface area contributed by atoms with Crippen molar-refractivity contribution in [2.75, 3.05) is 0 Å². The molecule has 23 heavy (non-hydrogen) atoms. The minimum Gasteiger partial charge on any atom is -0.445 e. The minimum absolute atomic E-state index is 0.145. The second-order valence-electron chi connectivity index (χ2n) is 4.63. The molecule has 0 saturated heterocycles. The van der Waals surface area contributed by atoms with E-state index in [0.717, 1.165) is 6.07 Å². The zero-order chi connectivity index (χ0) is 16.7. The maximum absolute atomic E-state index is 14.2. The first-order valence-corrected chi connectivity index (χ1v) is 6.98. The van der Waals surface area contributed by atoms with Gasteiger partial charge >= 0.3 is 6.09 Å². The van der Waals surface area contributed by atoms with Gasteiger partial charge in [0, 0.05) is 22.5 Å². The predicted molar refractivity (Wildman–Crippen MR) is 82.7 cm³/mol. The molecule has 0 atom stereocenters. The highest BCUT2D eigenvalue weighted by atomic mass is 35.5. The molecule has 2 aromatic heterocycles. The first kappa shape index (κ1) is 15.3. The molecule has 3 aromatic rings. The number of benzene rings is 1. The lowest BCUT2D eigenvalue weighted by Gasteiger charge is -2.06. The number of aromatic nitrogens is 2. The smallest absolute Gasteiger partial charge is 0.404 e. The number of halogens is 3. The molecule has 0 spiro atoms. The Kier molecular flexibility index (Phi) is 3.72. The van der Waals surface area contributed by atoms with Crippen LogP contribution in [0.5, 0.6) is 0 Å². The Morgan fingerprint density at radius 1 is 1.48 bits per heavy atom. The van der Waals surface area contributed by atoms with Crippen LogP contribution in [-0.2, 0) is 11.3 Å². The van der Waals surface area contributed by atoms with Crippen LogP contribution in [0.15, 0.2) is 12.3 Å². The number of H-pyrrole nitrogens is 1. The van der Waals surface area contributed by atoms with E-state index in [1.807, 2.05) is 0 Å². The lowest BCUT2D eigenvalue weighted by Crippen LogP contribution is -2.13. The van der Waals surface area contributed by atoms with Crippen molar-refractivity contribution in [3.05, 3.63) is 39.3 Å². The van der Waals surface area contributed by atoms with E-state index in [1.165, 1.54) is 6.20 Å². The van der Waals surface area contributed by atoms with Crippen molar-refractivity contribution in [3.8, 4) is 6.07 Å². The first-order chi connectivity index (χ1) is 10.9. The fraction of sp³-hybridized carbons (Fsp3) is 0.0714. The fourth-order valence-electron chi connectivity index (χ4n) is 2.37.